The van der Waals surface area contributed by atoms with E-state index in [-0.39, 0.29) is 24.8 Å². The molecule has 2 heterocycles. The van der Waals surface area contributed by atoms with Crippen molar-refractivity contribution in [3.63, 3.8) is 0 Å². The summed E-state index contributed by atoms with van der Waals surface area (Å²) in [5.74, 6) is -1.03. The number of carbonyl (C=O) groups excluding carboxylic acids is 3. The minimum Gasteiger partial charge on any atom is -0.458 e. The van der Waals surface area contributed by atoms with Gasteiger partial charge in [-0.3, -0.25) is 19.3 Å². The zero-order valence-electron chi connectivity index (χ0n) is 12.2. The van der Waals surface area contributed by atoms with E-state index in [0.29, 0.717) is 6.42 Å². The second-order valence-corrected chi connectivity index (χ2v) is 5.50. The van der Waals surface area contributed by atoms with Crippen molar-refractivity contribution in [3.05, 3.63) is 35.9 Å². The highest BCUT2D eigenvalue weighted by atomic mass is 16.6. The number of ether oxygens (including phenoxy) is 2. The molecule has 1 aromatic carbocycles. The van der Waals surface area contributed by atoms with Gasteiger partial charge in [0, 0.05) is 13.3 Å². The molecule has 2 aliphatic heterocycles. The van der Waals surface area contributed by atoms with E-state index in [1.54, 1.807) is 0 Å². The first-order valence-electron chi connectivity index (χ1n) is 7.27. The summed E-state index contributed by atoms with van der Waals surface area (Å²) in [7, 11) is 0. The van der Waals surface area contributed by atoms with Crippen LogP contribution in [0.3, 0.4) is 0 Å². The third-order valence-electron chi connectivity index (χ3n) is 3.85. The maximum atomic E-state index is 12.3. The van der Waals surface area contributed by atoms with E-state index >= 15 is 0 Å². The van der Waals surface area contributed by atoms with Crippen LogP contribution in [-0.4, -0.2) is 47.5 Å². The van der Waals surface area contributed by atoms with Crippen molar-refractivity contribution in [2.75, 3.05) is 6.54 Å². The van der Waals surface area contributed by atoms with Gasteiger partial charge < -0.3 is 9.47 Å². The molecule has 0 radical (unpaired) electrons. The fraction of sp³-hybridized carbons (Fsp3) is 0.438. The van der Waals surface area contributed by atoms with Crippen LogP contribution in [0.15, 0.2) is 30.3 Å². The quantitative estimate of drug-likeness (QED) is 0.604. The molecule has 2 fully saturated rings. The predicted octanol–water partition coefficient (Wildman–Crippen LogP) is 0.687. The number of hydrogen-bond donors (Lipinski definition) is 0. The number of carbonyl (C=O) groups is 3. The van der Waals surface area contributed by atoms with Crippen molar-refractivity contribution in [1.82, 2.24) is 4.90 Å². The Hall–Kier alpha value is -2.21. The smallest absolute Gasteiger partial charge is 0.303 e. The van der Waals surface area contributed by atoms with Crippen LogP contribution >= 0.6 is 0 Å². The highest BCUT2D eigenvalue weighted by molar-refractivity contribution is 5.99. The van der Waals surface area contributed by atoms with Crippen molar-refractivity contribution < 1.29 is 23.9 Å². The molecule has 0 saturated carbocycles. The van der Waals surface area contributed by atoms with Crippen molar-refractivity contribution in [2.45, 2.75) is 38.1 Å². The summed E-state index contributed by atoms with van der Waals surface area (Å²) in [5.41, 5.74) is 1.04. The highest BCUT2D eigenvalue weighted by Crippen LogP contribution is 2.34. The van der Waals surface area contributed by atoms with E-state index in [4.69, 9.17) is 9.47 Å². The molecular formula is C16H17NO5. The minimum absolute atomic E-state index is 0.0766. The van der Waals surface area contributed by atoms with E-state index in [9.17, 15) is 14.4 Å². The van der Waals surface area contributed by atoms with Gasteiger partial charge in [-0.05, 0) is 12.0 Å². The third-order valence-corrected chi connectivity index (χ3v) is 3.85. The van der Waals surface area contributed by atoms with E-state index in [1.807, 2.05) is 30.3 Å². The van der Waals surface area contributed by atoms with Gasteiger partial charge in [0.25, 0.3) is 5.91 Å². The number of fused-ring (bicyclic) bond motifs is 1. The van der Waals surface area contributed by atoms with Crippen LogP contribution in [0, 0.1) is 0 Å². The maximum Gasteiger partial charge on any atom is 0.303 e. The molecule has 0 spiro atoms. The lowest BCUT2D eigenvalue weighted by Gasteiger charge is -2.28. The molecule has 6 nitrogen and oxygen atoms in total. The number of amides is 2. The largest absolute Gasteiger partial charge is 0.458 e. The molecule has 0 unspecified atom stereocenters. The fourth-order valence-electron chi connectivity index (χ4n) is 2.71. The van der Waals surface area contributed by atoms with Crippen LogP contribution in [-0.2, 0) is 30.3 Å². The fourth-order valence-corrected chi connectivity index (χ4v) is 2.71. The normalized spacial score (nSPS) is 26.3. The van der Waals surface area contributed by atoms with Gasteiger partial charge in [-0.2, -0.15) is 0 Å². The molecule has 2 amide bonds. The lowest BCUT2D eigenvalue weighted by atomic mass is 10.1. The molecule has 2 saturated heterocycles. The number of piperidine rings is 1. The van der Waals surface area contributed by atoms with Crippen LogP contribution in [0.1, 0.15) is 18.9 Å². The average molecular weight is 303 g/mol. The number of benzene rings is 1. The summed E-state index contributed by atoms with van der Waals surface area (Å²) >= 11 is 0. The molecule has 2 aliphatic rings. The molecule has 6 heteroatoms. The zero-order chi connectivity index (χ0) is 15.7. The van der Waals surface area contributed by atoms with Gasteiger partial charge >= 0.3 is 5.97 Å². The Balaban J connectivity index is 1.61. The lowest BCUT2D eigenvalue weighted by Crippen LogP contribution is -2.51. The van der Waals surface area contributed by atoms with Crippen LogP contribution < -0.4 is 0 Å². The summed E-state index contributed by atoms with van der Waals surface area (Å²) in [5, 5.41) is 0. The lowest BCUT2D eigenvalue weighted by molar-refractivity contribution is -0.157. The third kappa shape index (κ3) is 3.01. The topological polar surface area (TPSA) is 76.2 Å². The molecule has 0 N–H and O–H groups in total. The number of esters is 1. The molecule has 1 aromatic rings. The molecule has 116 valence electrons. The van der Waals surface area contributed by atoms with Crippen LogP contribution in [0.4, 0.5) is 0 Å². The van der Waals surface area contributed by atoms with E-state index in [1.165, 1.54) is 6.92 Å². The van der Waals surface area contributed by atoms with Crippen molar-refractivity contribution >= 4 is 17.8 Å². The van der Waals surface area contributed by atoms with Crippen molar-refractivity contribution in [3.8, 4) is 0 Å². The first kappa shape index (κ1) is 14.7. The van der Waals surface area contributed by atoms with Crippen molar-refractivity contribution in [1.29, 1.82) is 0 Å². The Morgan fingerprint density at radius 3 is 2.73 bits per heavy atom. The van der Waals surface area contributed by atoms with Crippen LogP contribution in [0.25, 0.3) is 0 Å². The Labute approximate surface area is 128 Å². The average Bonchev–Trinajstić information content (AvgIpc) is 3.29. The molecule has 0 bridgehead atoms. The molecule has 22 heavy (non-hydrogen) atoms. The predicted molar refractivity (Wildman–Crippen MR) is 75.7 cm³/mol. The number of likely N-dealkylation sites (tertiary alicyclic amines) is 1. The van der Waals surface area contributed by atoms with Gasteiger partial charge in [0.2, 0.25) is 5.91 Å². The van der Waals surface area contributed by atoms with Gasteiger partial charge in [0.1, 0.15) is 12.2 Å². The Bertz CT molecular complexity index is 600. The molecule has 3 rings (SSSR count). The van der Waals surface area contributed by atoms with Crippen LogP contribution in [0.2, 0.25) is 0 Å². The van der Waals surface area contributed by atoms with Gasteiger partial charge in [0.05, 0.1) is 6.54 Å². The second kappa shape index (κ2) is 5.88. The number of hydrogen-bond acceptors (Lipinski definition) is 5. The highest BCUT2D eigenvalue weighted by Gasteiger charge is 2.58. The van der Waals surface area contributed by atoms with Gasteiger partial charge in [-0.15, -0.1) is 0 Å². The van der Waals surface area contributed by atoms with E-state index in [0.717, 1.165) is 10.5 Å². The molecule has 0 aromatic heterocycles. The Kier molecular flexibility index (Phi) is 3.94. The van der Waals surface area contributed by atoms with E-state index < -0.39 is 24.3 Å². The summed E-state index contributed by atoms with van der Waals surface area (Å²) in [4.78, 5) is 36.6. The molecular weight excluding hydrogens is 286 g/mol. The minimum atomic E-state index is -0.640. The zero-order valence-corrected chi connectivity index (χ0v) is 12.2. The Morgan fingerprint density at radius 1 is 1.32 bits per heavy atom. The molecule has 0 aliphatic carbocycles. The Morgan fingerprint density at radius 2 is 2.05 bits per heavy atom. The number of epoxide rings is 1. The summed E-state index contributed by atoms with van der Waals surface area (Å²) in [6.45, 7) is 1.38. The number of aryl methyl sites for hydroxylation is 1. The van der Waals surface area contributed by atoms with Gasteiger partial charge in [0.15, 0.2) is 6.10 Å². The summed E-state index contributed by atoms with van der Waals surface area (Å²) in [6.07, 6.45) is -0.787. The van der Waals surface area contributed by atoms with Gasteiger partial charge in [-0.25, -0.2) is 0 Å². The first-order chi connectivity index (χ1) is 10.6. The monoisotopic (exact) mass is 303 g/mol. The number of imide groups is 1. The van der Waals surface area contributed by atoms with E-state index in [2.05, 4.69) is 0 Å². The molecule has 3 atom stereocenters. The second-order valence-electron chi connectivity index (χ2n) is 5.50. The van der Waals surface area contributed by atoms with Gasteiger partial charge in [-0.1, -0.05) is 30.3 Å². The SMILES string of the molecule is CC(=O)O[C@@H]1CN(C(=O)CCc2ccccc2)C(=O)[C@@H]2O[C@@H]12. The first-order valence-corrected chi connectivity index (χ1v) is 7.27. The summed E-state index contributed by atoms with van der Waals surface area (Å²) < 4.78 is 10.4. The van der Waals surface area contributed by atoms with Crippen molar-refractivity contribution in [2.24, 2.45) is 0 Å². The maximum absolute atomic E-state index is 12.3. The number of rotatable bonds is 4. The standard InChI is InChI=1S/C16H17NO5/c1-10(18)21-12-9-17(16(20)15-14(12)22-15)13(19)8-7-11-5-3-2-4-6-11/h2-6,12,14-15H,7-9H2,1H3/t12-,14+,15-/m1/s1. The van der Waals surface area contributed by atoms with Crippen LogP contribution in [0.5, 0.6) is 0 Å². The summed E-state index contributed by atoms with van der Waals surface area (Å²) in [6, 6.07) is 9.60. The number of nitrogens with zero attached hydrogens (tertiary/aromatic N) is 1.